The zero-order valence-corrected chi connectivity index (χ0v) is 30.4. The van der Waals surface area contributed by atoms with E-state index in [0.717, 1.165) is 17.5 Å². The average Bonchev–Trinajstić information content (AvgIpc) is 3.83. The van der Waals surface area contributed by atoms with E-state index in [9.17, 15) is 0 Å². The number of hydrogen-bond acceptors (Lipinski definition) is 0. The molecule has 2 aromatic heterocycles. The van der Waals surface area contributed by atoms with E-state index in [1.54, 1.807) is 0 Å². The first-order valence-electron chi connectivity index (χ1n) is 15.5. The molecule has 45 heavy (non-hydrogen) atoms. The molecule has 0 aliphatic rings. The van der Waals surface area contributed by atoms with Crippen molar-refractivity contribution < 1.29 is 17.1 Å². The molecule has 0 bridgehead atoms. The van der Waals surface area contributed by atoms with Crippen molar-refractivity contribution in [1.82, 2.24) is 9.97 Å². The van der Waals surface area contributed by atoms with Gasteiger partial charge in [-0.1, -0.05) is 126 Å². The van der Waals surface area contributed by atoms with E-state index in [4.69, 9.17) is 0 Å². The van der Waals surface area contributed by atoms with Gasteiger partial charge in [-0.3, -0.25) is 0 Å². The molecule has 0 spiro atoms. The smallest absolute Gasteiger partial charge is 0.364 e. The Balaban J connectivity index is 0.000000700. The van der Waals surface area contributed by atoms with Crippen LogP contribution in [0.4, 0.5) is 0 Å². The van der Waals surface area contributed by atoms with Crippen LogP contribution in [-0.2, 0) is 28.4 Å². The maximum Gasteiger partial charge on any atom is 2.00 e. The first-order chi connectivity index (χ1) is 21.0. The Labute approximate surface area is 284 Å². The van der Waals surface area contributed by atoms with Crippen LogP contribution >= 0.6 is 17.2 Å². The molecule has 0 saturated carbocycles. The summed E-state index contributed by atoms with van der Waals surface area (Å²) in [7, 11) is 2.86. The summed E-state index contributed by atoms with van der Waals surface area (Å²) >= 11 is 0. The van der Waals surface area contributed by atoms with Gasteiger partial charge in [0.2, 0.25) is 0 Å². The van der Waals surface area contributed by atoms with Gasteiger partial charge in [-0.05, 0) is 40.7 Å². The van der Waals surface area contributed by atoms with Gasteiger partial charge in [0.15, 0.2) is 0 Å². The van der Waals surface area contributed by atoms with Gasteiger partial charge in [0, 0.05) is 23.8 Å². The van der Waals surface area contributed by atoms with Gasteiger partial charge < -0.3 is 9.97 Å². The second kappa shape index (κ2) is 14.7. The fourth-order valence-electron chi connectivity index (χ4n) is 6.44. The van der Waals surface area contributed by atoms with E-state index in [2.05, 4.69) is 152 Å². The third-order valence-corrected chi connectivity index (χ3v) is 13.1. The fraction of sp³-hybridized carbons (Fsp3) is 0.250. The average molecular weight is 673 g/mol. The molecule has 6 aromatic rings. The van der Waals surface area contributed by atoms with Crippen LogP contribution in [0.15, 0.2) is 134 Å². The van der Waals surface area contributed by atoms with Crippen molar-refractivity contribution in [3.05, 3.63) is 156 Å². The van der Waals surface area contributed by atoms with Crippen LogP contribution in [0.1, 0.15) is 64.1 Å². The Morgan fingerprint density at radius 3 is 1.62 bits per heavy atom. The SMILES string of the molecule is CC(C)(C)P(Cc1c(C(P)(c2ccc[nH]2)c2ccc[nH]2)cc(-c2ccccc2)[c-]1-c1ccccc1)C(C)(C)C.[Fe+2].c1cc[cH-]c1. The summed E-state index contributed by atoms with van der Waals surface area (Å²) in [6, 6.07) is 43.0. The molecule has 0 amide bonds. The van der Waals surface area contributed by atoms with E-state index >= 15 is 0 Å². The molecule has 2 nitrogen and oxygen atoms in total. The van der Waals surface area contributed by atoms with Gasteiger partial charge in [-0.15, -0.1) is 33.0 Å². The predicted molar refractivity (Wildman–Crippen MR) is 196 cm³/mol. The van der Waals surface area contributed by atoms with Gasteiger partial charge in [-0.25, -0.2) is 12.1 Å². The molecule has 234 valence electrons. The number of benzene rings is 2. The Bertz CT molecular complexity index is 1620. The Morgan fingerprint density at radius 2 is 1.20 bits per heavy atom. The van der Waals surface area contributed by atoms with E-state index in [1.165, 1.54) is 33.4 Å². The van der Waals surface area contributed by atoms with Crippen molar-refractivity contribution in [3.8, 4) is 22.3 Å². The molecular weight excluding hydrogens is 626 g/mol. The van der Waals surface area contributed by atoms with Crippen molar-refractivity contribution in [2.24, 2.45) is 0 Å². The number of nitrogens with one attached hydrogen (secondary N) is 2. The number of hydrogen-bond donors (Lipinski definition) is 2. The van der Waals surface area contributed by atoms with E-state index < -0.39 is 5.16 Å². The molecule has 2 heterocycles. The monoisotopic (exact) mass is 672 g/mol. The second-order valence-electron chi connectivity index (χ2n) is 13.4. The summed E-state index contributed by atoms with van der Waals surface area (Å²) in [4.78, 5) is 7.16. The van der Waals surface area contributed by atoms with Crippen LogP contribution in [0.2, 0.25) is 0 Å². The molecule has 4 aromatic carbocycles. The minimum Gasteiger partial charge on any atom is -0.364 e. The normalized spacial score (nSPS) is 12.0. The maximum absolute atomic E-state index is 3.58. The van der Waals surface area contributed by atoms with Crippen LogP contribution in [0.25, 0.3) is 22.3 Å². The van der Waals surface area contributed by atoms with Crippen molar-refractivity contribution in [2.75, 3.05) is 0 Å². The van der Waals surface area contributed by atoms with Crippen LogP contribution in [0, 0.1) is 0 Å². The molecule has 0 fully saturated rings. The second-order valence-corrected chi connectivity index (χ2v) is 18.1. The third-order valence-electron chi connectivity index (χ3n) is 8.29. The van der Waals surface area contributed by atoms with Gasteiger partial charge in [-0.2, -0.15) is 18.2 Å². The molecule has 0 radical (unpaired) electrons. The first-order valence-corrected chi connectivity index (χ1v) is 17.6. The van der Waals surface area contributed by atoms with Crippen molar-refractivity contribution in [3.63, 3.8) is 0 Å². The van der Waals surface area contributed by atoms with Crippen LogP contribution in [0.3, 0.4) is 0 Å². The van der Waals surface area contributed by atoms with Gasteiger partial charge in [0.05, 0.1) is 5.16 Å². The van der Waals surface area contributed by atoms with Crippen LogP contribution in [0.5, 0.6) is 0 Å². The summed E-state index contributed by atoms with van der Waals surface area (Å²) in [5, 5.41) is -0.0491. The summed E-state index contributed by atoms with van der Waals surface area (Å²) in [5.41, 5.74) is 10.3. The van der Waals surface area contributed by atoms with Crippen molar-refractivity contribution in [1.29, 1.82) is 0 Å². The summed E-state index contributed by atoms with van der Waals surface area (Å²) < 4.78 is 0. The van der Waals surface area contributed by atoms with Gasteiger partial charge >= 0.3 is 17.1 Å². The van der Waals surface area contributed by atoms with Crippen molar-refractivity contribution in [2.45, 2.75) is 63.2 Å². The maximum atomic E-state index is 3.58. The Kier molecular flexibility index (Phi) is 11.4. The van der Waals surface area contributed by atoms with Crippen molar-refractivity contribution >= 4 is 17.2 Å². The first kappa shape index (κ1) is 34.9. The van der Waals surface area contributed by atoms with Crippen LogP contribution < -0.4 is 0 Å². The van der Waals surface area contributed by atoms with Gasteiger partial charge in [0.25, 0.3) is 0 Å². The largest absolute Gasteiger partial charge is 2.00 e. The number of aromatic amines is 2. The topological polar surface area (TPSA) is 31.6 Å². The van der Waals surface area contributed by atoms with Gasteiger partial charge in [0.1, 0.15) is 0 Å². The zero-order chi connectivity index (χ0) is 31.4. The fourth-order valence-corrected chi connectivity index (χ4v) is 10.7. The van der Waals surface area contributed by atoms with Crippen LogP contribution in [-0.4, -0.2) is 20.3 Å². The zero-order valence-electron chi connectivity index (χ0n) is 27.3. The molecule has 0 saturated heterocycles. The molecule has 2 N–H and O–H groups in total. The van der Waals surface area contributed by atoms with E-state index in [0.29, 0.717) is 0 Å². The van der Waals surface area contributed by atoms with E-state index in [-0.39, 0.29) is 35.3 Å². The standard InChI is InChI=1S/C35H41N2P2.C5H5.Fe/c1-33(2,3)39(34(4,5)6)24-28-29(35(38,30-19-13-21-36-30)31-20-14-22-37-31)23-27(25-15-9-7-10-16-25)32(28)26-17-11-8-12-18-26;1-2-4-5-3-1;/h7-23,36-37H,24,38H2,1-6H3;1-5H;/q2*-1;+2. The summed E-state index contributed by atoms with van der Waals surface area (Å²) in [5.74, 6) is 0. The summed E-state index contributed by atoms with van der Waals surface area (Å²) in [6.07, 6.45) is 5.12. The number of rotatable bonds is 7. The molecular formula is C40H46FeN2P2. The minimum absolute atomic E-state index is 0. The number of H-pyrrole nitrogens is 2. The molecule has 1 unspecified atom stereocenters. The third kappa shape index (κ3) is 7.73. The molecule has 0 aliphatic carbocycles. The molecule has 5 heteroatoms. The Hall–Kier alpha value is -2.92. The van der Waals surface area contributed by atoms with E-state index in [1.807, 2.05) is 42.7 Å². The minimum atomic E-state index is -0.449. The predicted octanol–water partition coefficient (Wildman–Crippen LogP) is 11.5. The number of aromatic nitrogens is 2. The molecule has 0 aliphatic heterocycles. The molecule has 6 rings (SSSR count). The molecule has 1 atom stereocenters. The summed E-state index contributed by atoms with van der Waals surface area (Å²) in [6.45, 7) is 14.6. The quantitative estimate of drug-likeness (QED) is 0.0961. The Morgan fingerprint density at radius 1 is 0.689 bits per heavy atom.